The average Bonchev–Trinajstić information content (AvgIpc) is 0.763. The van der Waals surface area contributed by atoms with Gasteiger partial charge in [0.05, 0.1) is 65.9 Å². The van der Waals surface area contributed by atoms with Crippen molar-refractivity contribution in [2.24, 2.45) is 0 Å². The molecule has 0 aliphatic carbocycles. The standard InChI is InChI=1S/C25H22N3.C24H20N3.C18H17N4.C18H16N3.C13H28O2.3C5H12O2.4Ir/c1-16-9-5-6-12-20(16)24-23(22-17(2)10-7-11-18(22)3)25(28-15-27-24)21-13-8-14-26-19(21)4;1-16-11-12-17(2)21(14-16)24-22(19-8-5-4-6-9-19)23(26-15-27-24)20-10-7-13-25-18(20)3;1-11-8-19-9-12(2)16(11)17-14(4)21-10-22-18(17)15-6-5-7-20-13(15)3;1-12-6-7-13(2)16(9-12)18-10-17(20-11-21-18)15-5-4-8-19-14(15)3;1-3-5-7-9-12(14)11-13(15)10-8-6-4-2;3*1-4(6)3-5(2)7;;;;/h5-12,14-15H,1-4H3;4-9,11-15H,1-3H3;5,7-10H,1-4H3;4,6-11H,1-3H3;12-15H,3-11H2,1-2H3;3*4-7H,3H2,1-2H3;;;;/q4*-1;;;;;;;;. The zero-order chi connectivity index (χ0) is 98.1. The molecule has 0 amide bonds. The van der Waals surface area contributed by atoms with E-state index in [2.05, 4.69) is 241 Å². The third kappa shape index (κ3) is 39.2. The molecule has 14 aromatic rings. The summed E-state index contributed by atoms with van der Waals surface area (Å²) in [4.78, 5) is 58.3. The minimum atomic E-state index is -0.375. The van der Waals surface area contributed by atoms with Crippen molar-refractivity contribution < 1.29 is 121 Å². The van der Waals surface area contributed by atoms with Gasteiger partial charge in [0.25, 0.3) is 0 Å². The molecule has 4 radical (unpaired) electrons. The third-order valence-corrected chi connectivity index (χ3v) is 22.1. The molecule has 9 aromatic heterocycles. The molecule has 14 rings (SSSR count). The first-order valence-corrected chi connectivity index (χ1v) is 46.4. The van der Waals surface area contributed by atoms with Crippen molar-refractivity contribution in [2.45, 2.75) is 278 Å². The number of hydrogen-bond acceptors (Lipinski definition) is 21. The number of aromatic nitrogens is 13. The Morgan fingerprint density at radius 3 is 1.04 bits per heavy atom. The van der Waals surface area contributed by atoms with Crippen molar-refractivity contribution in [3.05, 3.63) is 305 Å². The van der Waals surface area contributed by atoms with Crippen LogP contribution in [0.5, 0.6) is 0 Å². The molecule has 0 fully saturated rings. The zero-order valence-corrected chi connectivity index (χ0v) is 93.5. The summed E-state index contributed by atoms with van der Waals surface area (Å²) in [5, 5.41) is 70.7. The van der Waals surface area contributed by atoms with E-state index < -0.39 is 0 Å². The first-order chi connectivity index (χ1) is 64.0. The third-order valence-electron chi connectivity index (χ3n) is 22.1. The number of rotatable bonds is 26. The van der Waals surface area contributed by atoms with Crippen molar-refractivity contribution in [3.8, 4) is 112 Å². The topological polar surface area (TPSA) is 329 Å². The number of hydrogen-bond donors (Lipinski definition) is 8. The maximum Gasteiger partial charge on any atom is 0.106 e. The normalized spacial score (nSPS) is 12.2. The minimum Gasteiger partial charge on any atom is -0.393 e. The van der Waals surface area contributed by atoms with Crippen LogP contribution in [0.2, 0.25) is 0 Å². The van der Waals surface area contributed by atoms with Gasteiger partial charge in [0.2, 0.25) is 0 Å². The second-order valence-electron chi connectivity index (χ2n) is 34.6. The Morgan fingerprint density at radius 1 is 0.275 bits per heavy atom. The van der Waals surface area contributed by atoms with E-state index >= 15 is 0 Å². The Balaban J connectivity index is 0.000000422. The molecular formula is C113H139Ir4N13O8-4. The van der Waals surface area contributed by atoms with E-state index in [1.54, 1.807) is 91.6 Å². The quantitative estimate of drug-likeness (QED) is 0.0184. The van der Waals surface area contributed by atoms with Crippen LogP contribution in [0.3, 0.4) is 0 Å². The molecule has 0 aliphatic heterocycles. The van der Waals surface area contributed by atoms with Gasteiger partial charge < -0.3 is 60.8 Å². The molecule has 8 atom stereocenters. The SMILES string of the molecule is CC(O)CC(C)O.CC(O)CC(C)O.CC(O)CC(C)O.CCCCCC(O)CC(O)CCCCC.Cc1ccc(C)c(-c2cc(-c3[c-]ccnc3C)ncn2)c1.Cc1ccc(C)c(-c2ncnc(-c3[c-]ccnc3C)c2-c2ccccc2)c1.Cc1ccccc1-c1ncnc(-c2[c-]ccnc2C)c1-c1c(C)cccc1C.Cc1cncc(C)c1-c1c(C)ncnc1-c1[c-]ccnc1C.[Ir].[Ir].[Ir].[Ir]. The average molecular weight is 2580 g/mol. The summed E-state index contributed by atoms with van der Waals surface area (Å²) in [5.41, 5.74) is 35.0. The van der Waals surface area contributed by atoms with Crippen molar-refractivity contribution in [1.82, 2.24) is 64.8 Å². The van der Waals surface area contributed by atoms with Gasteiger partial charge in [-0.05, 0) is 262 Å². The van der Waals surface area contributed by atoms with Crippen LogP contribution in [-0.4, -0.2) is 154 Å². The fourth-order valence-corrected chi connectivity index (χ4v) is 15.4. The summed E-state index contributed by atoms with van der Waals surface area (Å²) >= 11 is 0. The van der Waals surface area contributed by atoms with Crippen LogP contribution in [0, 0.1) is 121 Å². The number of unbranched alkanes of at least 4 members (excludes halogenated alkanes) is 4. The van der Waals surface area contributed by atoms with Gasteiger partial charge in [-0.3, -0.25) is 24.9 Å². The van der Waals surface area contributed by atoms with E-state index in [1.807, 2.05) is 95.5 Å². The van der Waals surface area contributed by atoms with Gasteiger partial charge in [-0.1, -0.05) is 219 Å². The summed E-state index contributed by atoms with van der Waals surface area (Å²) < 4.78 is 0. The van der Waals surface area contributed by atoms with E-state index in [9.17, 15) is 10.2 Å². The summed E-state index contributed by atoms with van der Waals surface area (Å²) in [6.07, 6.45) is 25.0. The zero-order valence-electron chi connectivity index (χ0n) is 83.9. The van der Waals surface area contributed by atoms with Crippen LogP contribution in [0.1, 0.15) is 211 Å². The van der Waals surface area contributed by atoms with E-state index in [4.69, 9.17) is 45.6 Å². The molecule has 0 bridgehead atoms. The van der Waals surface area contributed by atoms with Crippen molar-refractivity contribution in [3.63, 3.8) is 0 Å². The minimum absolute atomic E-state index is 0. The molecule has 744 valence electrons. The number of nitrogens with zero attached hydrogens (tertiary/aromatic N) is 13. The first-order valence-electron chi connectivity index (χ1n) is 46.4. The van der Waals surface area contributed by atoms with Crippen molar-refractivity contribution in [1.29, 1.82) is 0 Å². The van der Waals surface area contributed by atoms with Crippen LogP contribution in [0.4, 0.5) is 0 Å². The van der Waals surface area contributed by atoms with Gasteiger partial charge in [0.15, 0.2) is 0 Å². The smallest absolute Gasteiger partial charge is 0.106 e. The molecule has 9 heterocycles. The number of benzene rings is 5. The van der Waals surface area contributed by atoms with E-state index in [0.717, 1.165) is 172 Å². The predicted octanol–water partition coefficient (Wildman–Crippen LogP) is 22.7. The Morgan fingerprint density at radius 2 is 0.623 bits per heavy atom. The molecule has 25 heteroatoms. The largest absolute Gasteiger partial charge is 0.393 e. The van der Waals surface area contributed by atoms with Gasteiger partial charge in [0.1, 0.15) is 25.3 Å². The Bertz CT molecular complexity index is 5780. The molecule has 8 N–H and O–H groups in total. The van der Waals surface area contributed by atoms with Gasteiger partial charge in [-0.25, -0.2) is 19.9 Å². The number of aliphatic hydroxyl groups is 8. The maximum atomic E-state index is 9.64. The van der Waals surface area contributed by atoms with Crippen molar-refractivity contribution >= 4 is 0 Å². The Kier molecular flexibility index (Phi) is 56.9. The fourth-order valence-electron chi connectivity index (χ4n) is 15.4. The molecule has 0 saturated carbocycles. The van der Waals surface area contributed by atoms with E-state index in [1.165, 1.54) is 70.2 Å². The van der Waals surface area contributed by atoms with Crippen LogP contribution in [0.15, 0.2) is 202 Å². The Hall–Kier alpha value is -9.55. The molecule has 0 aliphatic rings. The first kappa shape index (κ1) is 123. The van der Waals surface area contributed by atoms with Crippen molar-refractivity contribution in [2.75, 3.05) is 0 Å². The van der Waals surface area contributed by atoms with E-state index in [0.29, 0.717) is 25.7 Å². The Labute approximate surface area is 874 Å². The summed E-state index contributed by atoms with van der Waals surface area (Å²) in [6, 6.07) is 60.3. The van der Waals surface area contributed by atoms with Crippen LogP contribution < -0.4 is 0 Å². The monoisotopic (exact) mass is 2580 g/mol. The molecule has 21 nitrogen and oxygen atoms in total. The summed E-state index contributed by atoms with van der Waals surface area (Å²) in [5.74, 6) is 0. The van der Waals surface area contributed by atoms with Gasteiger partial charge >= 0.3 is 0 Å². The molecule has 138 heavy (non-hydrogen) atoms. The molecule has 0 saturated heterocycles. The second kappa shape index (κ2) is 64.0. The van der Waals surface area contributed by atoms with Gasteiger partial charge in [0, 0.05) is 132 Å². The predicted molar refractivity (Wildman–Crippen MR) is 542 cm³/mol. The fraction of sp³-hybridized carbons (Fsp3) is 0.372. The van der Waals surface area contributed by atoms with Gasteiger partial charge in [-0.15, -0.1) is 70.8 Å². The summed E-state index contributed by atoms with van der Waals surface area (Å²) in [6.45, 7) is 43.1. The molecule has 0 spiro atoms. The molecular weight excluding hydrogens is 2440 g/mol. The molecule has 8 unspecified atom stereocenters. The van der Waals surface area contributed by atoms with E-state index in [-0.39, 0.29) is 129 Å². The van der Waals surface area contributed by atoms with Crippen LogP contribution in [0.25, 0.3) is 112 Å². The maximum absolute atomic E-state index is 9.64. The number of aryl methyl sites for hydroxylation is 14. The van der Waals surface area contributed by atoms with Crippen LogP contribution in [-0.2, 0) is 80.4 Å². The number of aliphatic hydroxyl groups excluding tert-OH is 8. The van der Waals surface area contributed by atoms with Gasteiger partial charge in [-0.2, -0.15) is 0 Å². The molecule has 5 aromatic carbocycles. The summed E-state index contributed by atoms with van der Waals surface area (Å²) in [7, 11) is 0. The number of pyridine rings is 5. The second-order valence-corrected chi connectivity index (χ2v) is 34.6. The van der Waals surface area contributed by atoms with Crippen LogP contribution >= 0.6 is 0 Å².